The molecule has 16 heavy (non-hydrogen) atoms. The molecule has 7 heteroatoms. The monoisotopic (exact) mass is 254 g/mol. The third kappa shape index (κ3) is 3.49. The first-order chi connectivity index (χ1) is 7.37. The Labute approximate surface area is 91.0 Å². The highest BCUT2D eigenvalue weighted by atomic mass is 32.2. The maximum atomic E-state index is 13.3. The van der Waals surface area contributed by atoms with Crippen LogP contribution in [0.3, 0.4) is 0 Å². The Morgan fingerprint density at radius 1 is 1.19 bits per heavy atom. The Hall–Kier alpha value is -1.08. The Bertz CT molecular complexity index is 431. The van der Waals surface area contributed by atoms with Gasteiger partial charge in [-0.3, -0.25) is 4.18 Å². The van der Waals surface area contributed by atoms with Gasteiger partial charge < -0.3 is 0 Å². The largest absolute Gasteiger partial charge is 0.297 e. The van der Waals surface area contributed by atoms with Crippen LogP contribution in [0.15, 0.2) is 30.3 Å². The van der Waals surface area contributed by atoms with Crippen LogP contribution in [0.2, 0.25) is 0 Å². The fourth-order valence-corrected chi connectivity index (χ4v) is 1.35. The van der Waals surface area contributed by atoms with Crippen molar-refractivity contribution in [3.05, 3.63) is 35.9 Å². The zero-order valence-corrected chi connectivity index (χ0v) is 8.88. The highest BCUT2D eigenvalue weighted by Gasteiger charge is 2.33. The van der Waals surface area contributed by atoms with Crippen molar-refractivity contribution < 1.29 is 25.8 Å². The van der Waals surface area contributed by atoms with Gasteiger partial charge in [-0.25, -0.2) is 4.39 Å². The molecular formula is C9H9F3O3S. The molecule has 0 fully saturated rings. The topological polar surface area (TPSA) is 43.4 Å². The van der Waals surface area contributed by atoms with Crippen LogP contribution < -0.4 is 0 Å². The SMILES string of the molecule is O=S(=O)(CF)OCC(F)(F)c1ccccc1. The fraction of sp³-hybridized carbons (Fsp3) is 0.333. The summed E-state index contributed by atoms with van der Waals surface area (Å²) in [4.78, 5) is 0. The van der Waals surface area contributed by atoms with Crippen LogP contribution in [-0.4, -0.2) is 21.0 Å². The lowest BCUT2D eigenvalue weighted by Gasteiger charge is -2.15. The molecule has 0 radical (unpaired) electrons. The van der Waals surface area contributed by atoms with Gasteiger partial charge in [0.1, 0.15) is 6.61 Å². The maximum absolute atomic E-state index is 13.3. The average Bonchev–Trinajstić information content (AvgIpc) is 2.28. The van der Waals surface area contributed by atoms with E-state index in [-0.39, 0.29) is 5.56 Å². The predicted molar refractivity (Wildman–Crippen MR) is 51.2 cm³/mol. The smallest absolute Gasteiger partial charge is 0.261 e. The van der Waals surface area contributed by atoms with Crippen molar-refractivity contribution >= 4 is 10.1 Å². The molecule has 0 unspecified atom stereocenters. The molecule has 0 aliphatic rings. The Morgan fingerprint density at radius 2 is 1.75 bits per heavy atom. The summed E-state index contributed by atoms with van der Waals surface area (Å²) in [6, 6.07) is 4.74. The minimum absolute atomic E-state index is 0.385. The highest BCUT2D eigenvalue weighted by molar-refractivity contribution is 7.86. The van der Waals surface area contributed by atoms with Crippen molar-refractivity contribution in [3.63, 3.8) is 0 Å². The van der Waals surface area contributed by atoms with Gasteiger partial charge in [-0.05, 0) is 0 Å². The molecule has 0 saturated heterocycles. The number of hydrogen-bond acceptors (Lipinski definition) is 3. The van der Waals surface area contributed by atoms with Crippen molar-refractivity contribution in [2.75, 3.05) is 12.6 Å². The number of benzene rings is 1. The number of alkyl halides is 3. The first-order valence-electron chi connectivity index (χ1n) is 4.24. The van der Waals surface area contributed by atoms with E-state index in [2.05, 4.69) is 4.18 Å². The van der Waals surface area contributed by atoms with E-state index >= 15 is 0 Å². The predicted octanol–water partition coefficient (Wildman–Crippen LogP) is 2.05. The molecule has 0 saturated carbocycles. The summed E-state index contributed by atoms with van der Waals surface area (Å²) >= 11 is 0. The van der Waals surface area contributed by atoms with Crippen LogP contribution in [0.4, 0.5) is 13.2 Å². The quantitative estimate of drug-likeness (QED) is 0.755. The summed E-state index contributed by atoms with van der Waals surface area (Å²) < 4.78 is 63.4. The van der Waals surface area contributed by atoms with E-state index in [0.717, 1.165) is 12.1 Å². The molecule has 0 aliphatic heterocycles. The first kappa shape index (κ1) is 13.0. The van der Waals surface area contributed by atoms with Crippen LogP contribution in [0.5, 0.6) is 0 Å². The third-order valence-electron chi connectivity index (χ3n) is 1.75. The van der Waals surface area contributed by atoms with Gasteiger partial charge in [-0.1, -0.05) is 30.3 Å². The molecule has 1 aromatic carbocycles. The average molecular weight is 254 g/mol. The Kier molecular flexibility index (Phi) is 3.93. The van der Waals surface area contributed by atoms with Crippen LogP contribution in [0, 0.1) is 0 Å². The minimum atomic E-state index is -4.51. The summed E-state index contributed by atoms with van der Waals surface area (Å²) in [5.41, 5.74) is -0.385. The molecule has 0 atom stereocenters. The van der Waals surface area contributed by atoms with Crippen LogP contribution in [-0.2, 0) is 20.2 Å². The standard InChI is InChI=1S/C9H9F3O3S/c10-7-16(13,14)15-6-9(11,12)8-4-2-1-3-5-8/h1-5H,6-7H2. The van der Waals surface area contributed by atoms with Gasteiger partial charge >= 0.3 is 0 Å². The van der Waals surface area contributed by atoms with Crippen molar-refractivity contribution in [1.82, 2.24) is 0 Å². The van der Waals surface area contributed by atoms with E-state index in [9.17, 15) is 21.6 Å². The summed E-state index contributed by atoms with van der Waals surface area (Å²) in [7, 11) is -4.51. The van der Waals surface area contributed by atoms with Crippen molar-refractivity contribution in [3.8, 4) is 0 Å². The van der Waals surface area contributed by atoms with Gasteiger partial charge in [-0.2, -0.15) is 17.2 Å². The van der Waals surface area contributed by atoms with E-state index in [4.69, 9.17) is 0 Å². The van der Waals surface area contributed by atoms with E-state index in [1.54, 1.807) is 6.07 Å². The molecule has 3 nitrogen and oxygen atoms in total. The second kappa shape index (κ2) is 4.84. The van der Waals surface area contributed by atoms with Crippen LogP contribution >= 0.6 is 0 Å². The van der Waals surface area contributed by atoms with Crippen LogP contribution in [0.1, 0.15) is 5.56 Å². The number of hydrogen-bond donors (Lipinski definition) is 0. The van der Waals surface area contributed by atoms with E-state index in [1.807, 2.05) is 0 Å². The third-order valence-corrected chi connectivity index (χ3v) is 2.49. The minimum Gasteiger partial charge on any atom is -0.261 e. The second-order valence-electron chi connectivity index (χ2n) is 3.00. The normalized spacial score (nSPS) is 12.7. The lowest BCUT2D eigenvalue weighted by atomic mass is 10.1. The van der Waals surface area contributed by atoms with Crippen LogP contribution in [0.25, 0.3) is 0 Å². The molecule has 90 valence electrons. The Balaban J connectivity index is 2.74. The Morgan fingerprint density at radius 3 is 2.25 bits per heavy atom. The van der Waals surface area contributed by atoms with Gasteiger partial charge in [0.15, 0.2) is 0 Å². The molecule has 0 N–H and O–H groups in total. The molecule has 0 heterocycles. The molecular weight excluding hydrogens is 245 g/mol. The molecule has 1 aromatic rings. The van der Waals surface area contributed by atoms with Gasteiger partial charge in [0.05, 0.1) is 0 Å². The molecule has 0 spiro atoms. The number of halogens is 3. The number of rotatable bonds is 5. The lowest BCUT2D eigenvalue weighted by Crippen LogP contribution is -2.24. The van der Waals surface area contributed by atoms with Crippen molar-refractivity contribution in [2.45, 2.75) is 5.92 Å². The molecule has 1 rings (SSSR count). The first-order valence-corrected chi connectivity index (χ1v) is 5.81. The molecule has 0 bridgehead atoms. The molecule has 0 aromatic heterocycles. The zero-order chi connectivity index (χ0) is 12.2. The summed E-state index contributed by atoms with van der Waals surface area (Å²) in [6.07, 6.45) is 0. The van der Waals surface area contributed by atoms with Gasteiger partial charge in [0, 0.05) is 5.56 Å². The van der Waals surface area contributed by atoms with Gasteiger partial charge in [-0.15, -0.1) is 0 Å². The fourth-order valence-electron chi connectivity index (χ4n) is 0.961. The maximum Gasteiger partial charge on any atom is 0.297 e. The van der Waals surface area contributed by atoms with Gasteiger partial charge in [0.2, 0.25) is 6.01 Å². The van der Waals surface area contributed by atoms with Gasteiger partial charge in [0.25, 0.3) is 16.0 Å². The summed E-state index contributed by atoms with van der Waals surface area (Å²) in [5.74, 6) is -3.47. The second-order valence-corrected chi connectivity index (χ2v) is 4.57. The highest BCUT2D eigenvalue weighted by Crippen LogP contribution is 2.28. The molecule has 0 amide bonds. The molecule has 0 aliphatic carbocycles. The van der Waals surface area contributed by atoms with E-state index in [0.29, 0.717) is 0 Å². The van der Waals surface area contributed by atoms with Crippen molar-refractivity contribution in [1.29, 1.82) is 0 Å². The summed E-state index contributed by atoms with van der Waals surface area (Å²) in [6.45, 7) is -1.40. The summed E-state index contributed by atoms with van der Waals surface area (Å²) in [5, 5.41) is 0. The van der Waals surface area contributed by atoms with E-state index in [1.165, 1.54) is 12.1 Å². The lowest BCUT2D eigenvalue weighted by molar-refractivity contribution is -0.0452. The zero-order valence-electron chi connectivity index (χ0n) is 8.07. The van der Waals surface area contributed by atoms with E-state index < -0.39 is 28.7 Å². The van der Waals surface area contributed by atoms with Crippen molar-refractivity contribution in [2.24, 2.45) is 0 Å².